The Morgan fingerprint density at radius 3 is 2.38 bits per heavy atom. The monoisotopic (exact) mass is 569 g/mol. The second-order valence-electron chi connectivity index (χ2n) is 9.52. The Kier molecular flexibility index (Phi) is 7.86. The molecule has 9 heteroatoms. The molecule has 0 aliphatic carbocycles. The third-order valence-electron chi connectivity index (χ3n) is 6.57. The van der Waals surface area contributed by atoms with E-state index in [2.05, 4.69) is 0 Å². The highest BCUT2D eigenvalue weighted by Gasteiger charge is 2.41. The number of para-hydroxylation sites is 1. The fourth-order valence-electron chi connectivity index (χ4n) is 4.55. The van der Waals surface area contributed by atoms with Crippen molar-refractivity contribution in [3.8, 4) is 17.3 Å². The van der Waals surface area contributed by atoms with Gasteiger partial charge >= 0.3 is 5.97 Å². The van der Waals surface area contributed by atoms with E-state index in [0.29, 0.717) is 27.8 Å². The van der Waals surface area contributed by atoms with Gasteiger partial charge in [-0.05, 0) is 56.2 Å². The fourth-order valence-corrected chi connectivity index (χ4v) is 5.89. The van der Waals surface area contributed by atoms with E-state index in [-0.39, 0.29) is 10.7 Å². The van der Waals surface area contributed by atoms with Crippen LogP contribution in [0.15, 0.2) is 83.8 Å². The number of carbonyl (C=O) groups is 2. The molecule has 0 spiro atoms. The summed E-state index contributed by atoms with van der Waals surface area (Å²) >= 11 is 6.60. The third-order valence-corrected chi connectivity index (χ3v) is 7.90. The van der Waals surface area contributed by atoms with Crippen molar-refractivity contribution in [3.63, 3.8) is 0 Å². The average Bonchev–Trinajstić information content (AvgIpc) is 3.39. The molecule has 1 fully saturated rings. The van der Waals surface area contributed by atoms with Crippen molar-refractivity contribution in [2.45, 2.75) is 33.2 Å². The summed E-state index contributed by atoms with van der Waals surface area (Å²) in [7, 11) is 0. The van der Waals surface area contributed by atoms with E-state index in [1.54, 1.807) is 10.8 Å². The number of aromatic nitrogens is 2. The Bertz CT molecular complexity index is 1630. The number of hydrogen-bond acceptors (Lipinski definition) is 6. The molecular weight excluding hydrogens is 542 g/mol. The van der Waals surface area contributed by atoms with E-state index in [1.165, 1.54) is 4.90 Å². The number of ether oxygens (including phenoxy) is 1. The van der Waals surface area contributed by atoms with Crippen LogP contribution in [0.2, 0.25) is 0 Å². The van der Waals surface area contributed by atoms with Gasteiger partial charge in [0.05, 0.1) is 21.8 Å². The van der Waals surface area contributed by atoms with Crippen molar-refractivity contribution in [1.82, 2.24) is 14.7 Å². The summed E-state index contributed by atoms with van der Waals surface area (Å²) < 4.78 is 8.36. The van der Waals surface area contributed by atoms with Gasteiger partial charge in [0.1, 0.15) is 16.1 Å². The van der Waals surface area contributed by atoms with Crippen molar-refractivity contribution in [3.05, 3.63) is 112 Å². The van der Waals surface area contributed by atoms with Crippen LogP contribution in [0.5, 0.6) is 11.6 Å². The van der Waals surface area contributed by atoms with Crippen LogP contribution in [0.4, 0.5) is 0 Å². The number of hydrogen-bond donors (Lipinski definition) is 1. The number of amides is 1. The predicted octanol–water partition coefficient (Wildman–Crippen LogP) is 6.49. The number of aryl methyl sites for hydroxylation is 3. The van der Waals surface area contributed by atoms with E-state index in [4.69, 9.17) is 22.1 Å². The van der Waals surface area contributed by atoms with Crippen LogP contribution in [-0.2, 0) is 16.0 Å². The smallest absolute Gasteiger partial charge is 0.327 e. The minimum absolute atomic E-state index is 0.141. The lowest BCUT2D eigenvalue weighted by molar-refractivity contribution is -0.145. The fraction of sp³-hybridized carbons (Fsp3) is 0.161. The Labute approximate surface area is 242 Å². The summed E-state index contributed by atoms with van der Waals surface area (Å²) in [4.78, 5) is 27.4. The highest BCUT2D eigenvalue weighted by atomic mass is 32.2. The van der Waals surface area contributed by atoms with Crippen LogP contribution in [0.3, 0.4) is 0 Å². The average molecular weight is 570 g/mol. The first-order valence-electron chi connectivity index (χ1n) is 12.7. The van der Waals surface area contributed by atoms with Gasteiger partial charge in [0.25, 0.3) is 5.91 Å². The molecule has 40 heavy (non-hydrogen) atoms. The van der Waals surface area contributed by atoms with Gasteiger partial charge in [-0.1, -0.05) is 90.2 Å². The maximum atomic E-state index is 13.6. The van der Waals surface area contributed by atoms with Crippen molar-refractivity contribution in [2.75, 3.05) is 0 Å². The number of thioether (sulfide) groups is 1. The molecule has 3 aromatic carbocycles. The quantitative estimate of drug-likeness (QED) is 0.192. The van der Waals surface area contributed by atoms with E-state index in [0.717, 1.165) is 34.1 Å². The number of aliphatic carboxylic acids is 1. The summed E-state index contributed by atoms with van der Waals surface area (Å²) in [6.45, 7) is 5.84. The Morgan fingerprint density at radius 1 is 1.05 bits per heavy atom. The molecule has 1 aliphatic rings. The lowest BCUT2D eigenvalue weighted by Gasteiger charge is -2.23. The summed E-state index contributed by atoms with van der Waals surface area (Å²) in [6, 6.07) is 23.6. The molecule has 0 unspecified atom stereocenters. The van der Waals surface area contributed by atoms with E-state index < -0.39 is 17.9 Å². The standard InChI is InChI=1S/C31H27N3O4S2/c1-19-14-15-26(20(2)16-19)38-29-24(21(3)32-34(29)23-12-8-5-9-13-23)18-27-28(35)33(31(39)40-27)25(30(36)37)17-22-10-6-4-7-11-22/h4-16,18,25H,17H2,1-3H3,(H,36,37)/b27-18-/t25-/m0/s1. The largest absolute Gasteiger partial charge is 0.480 e. The maximum Gasteiger partial charge on any atom is 0.327 e. The number of thiocarbonyl (C=S) groups is 1. The van der Waals surface area contributed by atoms with Crippen LogP contribution in [0.25, 0.3) is 11.8 Å². The molecule has 5 rings (SSSR count). The molecule has 4 aromatic rings. The molecule has 1 N–H and O–H groups in total. The zero-order chi connectivity index (χ0) is 28.4. The second kappa shape index (κ2) is 11.5. The van der Waals surface area contributed by atoms with Crippen molar-refractivity contribution in [1.29, 1.82) is 0 Å². The lowest BCUT2D eigenvalue weighted by Crippen LogP contribution is -2.45. The highest BCUT2D eigenvalue weighted by Crippen LogP contribution is 2.39. The SMILES string of the molecule is Cc1ccc(Oc2c(/C=C3\SC(=S)N([C@@H](Cc4ccccc4)C(=O)O)C3=O)c(C)nn2-c2ccccc2)c(C)c1. The van der Waals surface area contributed by atoms with Gasteiger partial charge in [0, 0.05) is 6.42 Å². The van der Waals surface area contributed by atoms with Gasteiger partial charge in [-0.2, -0.15) is 9.78 Å². The van der Waals surface area contributed by atoms with Crippen LogP contribution >= 0.6 is 24.0 Å². The minimum atomic E-state index is -1.13. The number of nitrogens with zero attached hydrogens (tertiary/aromatic N) is 3. The summed E-state index contributed by atoms with van der Waals surface area (Å²) in [5, 5.41) is 14.8. The Morgan fingerprint density at radius 2 is 1.73 bits per heavy atom. The molecule has 7 nitrogen and oxygen atoms in total. The van der Waals surface area contributed by atoms with Gasteiger partial charge in [-0.3, -0.25) is 9.69 Å². The molecular formula is C31H27N3O4S2. The number of benzene rings is 3. The van der Waals surface area contributed by atoms with Crippen LogP contribution in [-0.4, -0.2) is 42.0 Å². The predicted molar refractivity (Wildman–Crippen MR) is 161 cm³/mol. The first kappa shape index (κ1) is 27.4. The first-order valence-corrected chi connectivity index (χ1v) is 13.9. The molecule has 202 valence electrons. The minimum Gasteiger partial charge on any atom is -0.480 e. The Hall–Kier alpha value is -4.21. The number of rotatable bonds is 8. The van der Waals surface area contributed by atoms with Gasteiger partial charge in [0.2, 0.25) is 5.88 Å². The van der Waals surface area contributed by atoms with Gasteiger partial charge in [-0.15, -0.1) is 0 Å². The number of carbonyl (C=O) groups excluding carboxylic acids is 1. The van der Waals surface area contributed by atoms with Crippen LogP contribution < -0.4 is 4.74 Å². The van der Waals surface area contributed by atoms with Crippen LogP contribution in [0, 0.1) is 20.8 Å². The number of carboxylic acids is 1. The van der Waals surface area contributed by atoms with Gasteiger partial charge in [0.15, 0.2) is 0 Å². The van der Waals surface area contributed by atoms with Gasteiger partial charge in [-0.25, -0.2) is 4.79 Å². The molecule has 1 aliphatic heterocycles. The zero-order valence-corrected chi connectivity index (χ0v) is 23.8. The van der Waals surface area contributed by atoms with Crippen LogP contribution in [0.1, 0.15) is 27.9 Å². The van der Waals surface area contributed by atoms with E-state index >= 15 is 0 Å². The van der Waals surface area contributed by atoms with Crippen molar-refractivity contribution >= 4 is 46.3 Å². The van der Waals surface area contributed by atoms with Gasteiger partial charge < -0.3 is 9.84 Å². The first-order chi connectivity index (χ1) is 19.2. The highest BCUT2D eigenvalue weighted by molar-refractivity contribution is 8.26. The normalized spacial score (nSPS) is 15.1. The van der Waals surface area contributed by atoms with E-state index in [9.17, 15) is 14.7 Å². The second-order valence-corrected chi connectivity index (χ2v) is 11.2. The summed E-state index contributed by atoms with van der Waals surface area (Å²) in [6.07, 6.45) is 1.84. The number of carboxylic acid groups (broad SMARTS) is 1. The van der Waals surface area contributed by atoms with Crippen molar-refractivity contribution < 1.29 is 19.4 Å². The van der Waals surface area contributed by atoms with E-state index in [1.807, 2.05) is 99.6 Å². The molecule has 1 amide bonds. The molecule has 0 saturated carbocycles. The molecule has 0 radical (unpaired) electrons. The zero-order valence-electron chi connectivity index (χ0n) is 22.2. The topological polar surface area (TPSA) is 84.7 Å². The maximum absolute atomic E-state index is 13.6. The van der Waals surface area contributed by atoms with Crippen molar-refractivity contribution in [2.24, 2.45) is 0 Å². The molecule has 1 atom stereocenters. The third kappa shape index (κ3) is 5.57. The summed E-state index contributed by atoms with van der Waals surface area (Å²) in [5.74, 6) is -0.463. The summed E-state index contributed by atoms with van der Waals surface area (Å²) in [5.41, 5.74) is 4.93. The lowest BCUT2D eigenvalue weighted by atomic mass is 10.0. The molecule has 1 aromatic heterocycles. The molecule has 2 heterocycles. The molecule has 1 saturated heterocycles. The molecule has 0 bridgehead atoms. The Balaban J connectivity index is 1.55.